The fraction of sp³-hybridized carbons (Fsp3) is 0.467. The maximum atomic E-state index is 5.93. The van der Waals surface area contributed by atoms with Crippen molar-refractivity contribution in [3.63, 3.8) is 0 Å². The molecule has 6 heteroatoms. The molecule has 0 aliphatic heterocycles. The lowest BCUT2D eigenvalue weighted by Crippen LogP contribution is -2.03. The molecule has 2 aromatic rings. The van der Waals surface area contributed by atoms with Crippen molar-refractivity contribution >= 4 is 21.7 Å². The van der Waals surface area contributed by atoms with E-state index in [1.54, 1.807) is 7.11 Å². The van der Waals surface area contributed by atoms with Crippen molar-refractivity contribution in [2.24, 2.45) is 5.92 Å². The monoisotopic (exact) mass is 351 g/mol. The summed E-state index contributed by atoms with van der Waals surface area (Å²) in [6.07, 6.45) is 1.20. The molecule has 2 heterocycles. The van der Waals surface area contributed by atoms with Gasteiger partial charge in [0.15, 0.2) is 11.6 Å². The molecule has 5 nitrogen and oxygen atoms in total. The minimum Gasteiger partial charge on any atom is -0.457 e. The Labute approximate surface area is 132 Å². The zero-order chi connectivity index (χ0) is 15.0. The topological polar surface area (TPSA) is 60.2 Å². The molecule has 0 aromatic carbocycles. The van der Waals surface area contributed by atoms with E-state index in [-0.39, 0.29) is 0 Å². The highest BCUT2D eigenvalue weighted by molar-refractivity contribution is 9.10. The van der Waals surface area contributed by atoms with Crippen LogP contribution in [0.5, 0.6) is 0 Å². The van der Waals surface area contributed by atoms with Crippen LogP contribution in [0.15, 0.2) is 21.0 Å². The van der Waals surface area contributed by atoms with Gasteiger partial charge in [0, 0.05) is 20.1 Å². The Hall–Kier alpha value is -1.40. The van der Waals surface area contributed by atoms with Gasteiger partial charge in [0.25, 0.3) is 0 Å². The summed E-state index contributed by atoms with van der Waals surface area (Å²) in [5.41, 5.74) is 0.796. The third kappa shape index (κ3) is 2.82. The Balaban J connectivity index is 1.97. The quantitative estimate of drug-likeness (QED) is 0.887. The molecule has 0 saturated heterocycles. The first kappa shape index (κ1) is 14.5. The number of halogens is 1. The SMILES string of the molecule is CNc1nc(-c2ccc(C3CC3C)o2)nc(COC)c1Br. The van der Waals surface area contributed by atoms with Crippen molar-refractivity contribution in [1.29, 1.82) is 0 Å². The number of nitrogens with zero attached hydrogens (tertiary/aromatic N) is 2. The molecule has 2 unspecified atom stereocenters. The van der Waals surface area contributed by atoms with Gasteiger partial charge in [0.2, 0.25) is 0 Å². The Morgan fingerprint density at radius 1 is 1.43 bits per heavy atom. The van der Waals surface area contributed by atoms with Crippen molar-refractivity contribution in [3.05, 3.63) is 28.1 Å². The van der Waals surface area contributed by atoms with Crippen LogP contribution < -0.4 is 5.32 Å². The third-order valence-electron chi connectivity index (χ3n) is 3.76. The van der Waals surface area contributed by atoms with Crippen molar-refractivity contribution in [2.75, 3.05) is 19.5 Å². The highest BCUT2D eigenvalue weighted by Crippen LogP contribution is 2.48. The fourth-order valence-electron chi connectivity index (χ4n) is 2.39. The normalized spacial score (nSPS) is 20.6. The number of hydrogen-bond acceptors (Lipinski definition) is 5. The minimum absolute atomic E-state index is 0.415. The van der Waals surface area contributed by atoms with Crippen molar-refractivity contribution in [3.8, 4) is 11.6 Å². The highest BCUT2D eigenvalue weighted by atomic mass is 79.9. The maximum absolute atomic E-state index is 5.93. The number of rotatable bonds is 5. The van der Waals surface area contributed by atoms with Crippen LogP contribution in [0.2, 0.25) is 0 Å². The predicted molar refractivity (Wildman–Crippen MR) is 84.2 cm³/mol. The van der Waals surface area contributed by atoms with Gasteiger partial charge < -0.3 is 14.5 Å². The zero-order valence-electron chi connectivity index (χ0n) is 12.3. The van der Waals surface area contributed by atoms with Crippen LogP contribution in [-0.4, -0.2) is 24.1 Å². The number of hydrogen-bond donors (Lipinski definition) is 1. The van der Waals surface area contributed by atoms with Gasteiger partial charge in [-0.25, -0.2) is 9.97 Å². The van der Waals surface area contributed by atoms with Crippen LogP contribution >= 0.6 is 15.9 Å². The number of ether oxygens (including phenoxy) is 1. The Morgan fingerprint density at radius 3 is 2.81 bits per heavy atom. The molecule has 1 fully saturated rings. The van der Waals surface area contributed by atoms with Crippen molar-refractivity contribution in [1.82, 2.24) is 9.97 Å². The molecule has 1 aliphatic rings. The first-order valence-corrected chi connectivity index (χ1v) is 7.76. The van der Waals surface area contributed by atoms with Crippen molar-refractivity contribution < 1.29 is 9.15 Å². The highest BCUT2D eigenvalue weighted by Gasteiger charge is 2.36. The van der Waals surface area contributed by atoms with E-state index in [0.717, 1.165) is 21.7 Å². The van der Waals surface area contributed by atoms with Gasteiger partial charge in [-0.05, 0) is 40.4 Å². The average Bonchev–Trinajstić information content (AvgIpc) is 3.02. The molecule has 3 rings (SSSR count). The molecule has 112 valence electrons. The molecule has 1 saturated carbocycles. The molecule has 0 radical (unpaired) electrons. The summed E-state index contributed by atoms with van der Waals surface area (Å²) in [5, 5.41) is 3.06. The lowest BCUT2D eigenvalue weighted by atomic mass is 10.3. The number of furan rings is 1. The molecule has 1 aliphatic carbocycles. The van der Waals surface area contributed by atoms with Crippen molar-refractivity contribution in [2.45, 2.75) is 25.9 Å². The number of aromatic nitrogens is 2. The zero-order valence-corrected chi connectivity index (χ0v) is 13.9. The lowest BCUT2D eigenvalue weighted by molar-refractivity contribution is 0.181. The summed E-state index contributed by atoms with van der Waals surface area (Å²) < 4.78 is 11.9. The molecule has 0 bridgehead atoms. The van der Waals surface area contributed by atoms with Crippen LogP contribution in [0.1, 0.15) is 30.7 Å². The number of nitrogens with one attached hydrogen (secondary N) is 1. The summed E-state index contributed by atoms with van der Waals surface area (Å²) in [4.78, 5) is 9.03. The van der Waals surface area contributed by atoms with Gasteiger partial charge in [-0.2, -0.15) is 0 Å². The van der Waals surface area contributed by atoms with Crippen LogP contribution in [0.3, 0.4) is 0 Å². The van der Waals surface area contributed by atoms with Crippen LogP contribution in [0, 0.1) is 5.92 Å². The minimum atomic E-state index is 0.415. The second kappa shape index (κ2) is 5.77. The number of anilines is 1. The molecule has 2 atom stereocenters. The molecule has 0 spiro atoms. The molecular weight excluding hydrogens is 334 g/mol. The van der Waals surface area contributed by atoms with E-state index in [1.807, 2.05) is 19.2 Å². The first-order valence-electron chi connectivity index (χ1n) is 6.97. The van der Waals surface area contributed by atoms with Gasteiger partial charge in [-0.15, -0.1) is 0 Å². The maximum Gasteiger partial charge on any atom is 0.198 e. The van der Waals surface area contributed by atoms with E-state index in [1.165, 1.54) is 6.42 Å². The first-order chi connectivity index (χ1) is 10.1. The second-order valence-electron chi connectivity index (χ2n) is 5.36. The smallest absolute Gasteiger partial charge is 0.198 e. The molecule has 2 aromatic heterocycles. The van der Waals surface area contributed by atoms with E-state index >= 15 is 0 Å². The van der Waals surface area contributed by atoms with Gasteiger partial charge >= 0.3 is 0 Å². The summed E-state index contributed by atoms with van der Waals surface area (Å²) >= 11 is 3.50. The van der Waals surface area contributed by atoms with E-state index in [2.05, 4.69) is 38.1 Å². The Morgan fingerprint density at radius 2 is 2.19 bits per heavy atom. The Bertz CT molecular complexity index is 656. The largest absolute Gasteiger partial charge is 0.457 e. The van der Waals surface area contributed by atoms with E-state index in [4.69, 9.17) is 9.15 Å². The third-order valence-corrected chi connectivity index (χ3v) is 4.59. The Kier molecular flexibility index (Phi) is 3.99. The van der Waals surface area contributed by atoms with Crippen LogP contribution in [-0.2, 0) is 11.3 Å². The lowest BCUT2D eigenvalue weighted by Gasteiger charge is -2.09. The van der Waals surface area contributed by atoms with Gasteiger partial charge in [-0.3, -0.25) is 0 Å². The van der Waals surface area contributed by atoms with Gasteiger partial charge in [-0.1, -0.05) is 6.92 Å². The van der Waals surface area contributed by atoms with Gasteiger partial charge in [0.1, 0.15) is 11.6 Å². The molecule has 1 N–H and O–H groups in total. The van der Waals surface area contributed by atoms with Crippen LogP contribution in [0.4, 0.5) is 5.82 Å². The number of methoxy groups -OCH3 is 1. The molecule has 21 heavy (non-hydrogen) atoms. The molecular formula is C15H18BrN3O2. The summed E-state index contributed by atoms with van der Waals surface area (Å²) in [6.45, 7) is 2.65. The molecule has 0 amide bonds. The van der Waals surface area contributed by atoms with E-state index in [9.17, 15) is 0 Å². The summed E-state index contributed by atoms with van der Waals surface area (Å²) in [7, 11) is 3.47. The standard InChI is InChI=1S/C15H18BrN3O2/c1-8-6-9(8)11-4-5-12(21-11)14-18-10(7-20-3)13(16)15(17-2)19-14/h4-5,8-9H,6-7H2,1-3H3,(H,17,18,19). The van der Waals surface area contributed by atoms with E-state index in [0.29, 0.717) is 30.0 Å². The average molecular weight is 352 g/mol. The summed E-state index contributed by atoms with van der Waals surface area (Å²) in [6, 6.07) is 3.98. The second-order valence-corrected chi connectivity index (χ2v) is 6.15. The fourth-order valence-corrected chi connectivity index (χ4v) is 2.88. The van der Waals surface area contributed by atoms with Gasteiger partial charge in [0.05, 0.1) is 16.8 Å². The van der Waals surface area contributed by atoms with E-state index < -0.39 is 0 Å². The summed E-state index contributed by atoms with van der Waals surface area (Å²) in [5.74, 6) is 4.30. The predicted octanol–water partition coefficient (Wildman–Crippen LogP) is 3.81. The van der Waals surface area contributed by atoms with Crippen LogP contribution in [0.25, 0.3) is 11.6 Å².